The fraction of sp³-hybridized carbons (Fsp3) is 0.375. The van der Waals surface area contributed by atoms with E-state index in [-0.39, 0.29) is 0 Å². The zero-order chi connectivity index (χ0) is 8.27. The molecule has 0 saturated heterocycles. The number of rotatable bonds is 2. The number of alkyl halides is 1. The molecule has 0 aromatic carbocycles. The standard InChI is InChI=1S/C8H11ClN2/c1-7(4-9)3-8-5-11(2)6-10-8/h3,5-6H,4H2,1-2H3/b7-3+. The molecule has 0 fully saturated rings. The molecule has 1 heterocycles. The van der Waals surface area contributed by atoms with E-state index in [1.165, 1.54) is 0 Å². The van der Waals surface area contributed by atoms with Crippen LogP contribution in [0, 0.1) is 0 Å². The van der Waals surface area contributed by atoms with Gasteiger partial charge in [-0.25, -0.2) is 4.98 Å². The van der Waals surface area contributed by atoms with Gasteiger partial charge in [-0.3, -0.25) is 0 Å². The summed E-state index contributed by atoms with van der Waals surface area (Å²) in [5.41, 5.74) is 2.09. The molecular weight excluding hydrogens is 160 g/mol. The summed E-state index contributed by atoms with van der Waals surface area (Å²) in [6.45, 7) is 1.99. The molecule has 0 radical (unpaired) electrons. The smallest absolute Gasteiger partial charge is 0.0950 e. The molecule has 0 unspecified atom stereocenters. The summed E-state index contributed by atoms with van der Waals surface area (Å²) in [6.07, 6.45) is 5.70. The number of nitrogens with zero attached hydrogens (tertiary/aromatic N) is 2. The lowest BCUT2D eigenvalue weighted by Gasteiger charge is -1.89. The van der Waals surface area contributed by atoms with Crippen molar-refractivity contribution in [1.82, 2.24) is 9.55 Å². The van der Waals surface area contributed by atoms with Crippen LogP contribution < -0.4 is 0 Å². The van der Waals surface area contributed by atoms with Crippen LogP contribution in [-0.4, -0.2) is 15.4 Å². The molecule has 0 amide bonds. The molecule has 2 nitrogen and oxygen atoms in total. The number of hydrogen-bond donors (Lipinski definition) is 0. The van der Waals surface area contributed by atoms with Gasteiger partial charge in [0, 0.05) is 19.1 Å². The Kier molecular flexibility index (Phi) is 2.71. The van der Waals surface area contributed by atoms with E-state index in [4.69, 9.17) is 11.6 Å². The lowest BCUT2D eigenvalue weighted by Crippen LogP contribution is -1.79. The van der Waals surface area contributed by atoms with Gasteiger partial charge in [-0.05, 0) is 13.0 Å². The quantitative estimate of drug-likeness (QED) is 0.622. The Bertz CT molecular complexity index is 263. The zero-order valence-corrected chi connectivity index (χ0v) is 7.47. The Balaban J connectivity index is 2.78. The minimum absolute atomic E-state index is 0.566. The summed E-state index contributed by atoms with van der Waals surface area (Å²) in [6, 6.07) is 0. The molecule has 0 saturated carbocycles. The Hall–Kier alpha value is -0.760. The van der Waals surface area contributed by atoms with Gasteiger partial charge < -0.3 is 4.57 Å². The van der Waals surface area contributed by atoms with E-state index in [1.54, 1.807) is 6.33 Å². The molecule has 3 heteroatoms. The summed E-state index contributed by atoms with van der Waals surface area (Å²) in [4.78, 5) is 4.13. The zero-order valence-electron chi connectivity index (χ0n) is 6.71. The van der Waals surface area contributed by atoms with Crippen molar-refractivity contribution in [2.45, 2.75) is 6.92 Å². The third-order valence-corrected chi connectivity index (χ3v) is 1.75. The third kappa shape index (κ3) is 2.39. The minimum atomic E-state index is 0.566. The maximum absolute atomic E-state index is 5.61. The number of imidazole rings is 1. The van der Waals surface area contributed by atoms with Gasteiger partial charge in [0.2, 0.25) is 0 Å². The second-order valence-electron chi connectivity index (χ2n) is 2.59. The number of aromatic nitrogens is 2. The van der Waals surface area contributed by atoms with E-state index >= 15 is 0 Å². The van der Waals surface area contributed by atoms with Gasteiger partial charge in [-0.1, -0.05) is 5.57 Å². The van der Waals surface area contributed by atoms with Crippen LogP contribution in [0.3, 0.4) is 0 Å². The van der Waals surface area contributed by atoms with Crippen molar-refractivity contribution in [1.29, 1.82) is 0 Å². The summed E-state index contributed by atoms with van der Waals surface area (Å²) >= 11 is 5.61. The van der Waals surface area contributed by atoms with E-state index in [1.807, 2.05) is 30.8 Å². The lowest BCUT2D eigenvalue weighted by atomic mass is 10.3. The van der Waals surface area contributed by atoms with Gasteiger partial charge in [0.25, 0.3) is 0 Å². The second kappa shape index (κ2) is 3.58. The minimum Gasteiger partial charge on any atom is -0.340 e. The number of aryl methyl sites for hydroxylation is 1. The molecule has 1 aromatic heterocycles. The highest BCUT2D eigenvalue weighted by atomic mass is 35.5. The van der Waals surface area contributed by atoms with Crippen LogP contribution in [0.2, 0.25) is 0 Å². The van der Waals surface area contributed by atoms with Gasteiger partial charge in [0.15, 0.2) is 0 Å². The first-order valence-corrected chi connectivity index (χ1v) is 3.97. The molecule has 1 aromatic rings. The molecule has 1 rings (SSSR count). The molecule has 0 aliphatic carbocycles. The Morgan fingerprint density at radius 1 is 1.82 bits per heavy atom. The van der Waals surface area contributed by atoms with Crippen LogP contribution >= 0.6 is 11.6 Å². The van der Waals surface area contributed by atoms with Crippen molar-refractivity contribution in [3.05, 3.63) is 23.8 Å². The average molecular weight is 171 g/mol. The van der Waals surface area contributed by atoms with Crippen molar-refractivity contribution < 1.29 is 0 Å². The van der Waals surface area contributed by atoms with Crippen molar-refractivity contribution in [2.24, 2.45) is 7.05 Å². The van der Waals surface area contributed by atoms with Crippen molar-refractivity contribution in [2.75, 3.05) is 5.88 Å². The molecule has 0 aliphatic heterocycles. The maximum atomic E-state index is 5.61. The van der Waals surface area contributed by atoms with E-state index < -0.39 is 0 Å². The second-order valence-corrected chi connectivity index (χ2v) is 2.86. The van der Waals surface area contributed by atoms with E-state index in [0.29, 0.717) is 5.88 Å². The predicted molar refractivity (Wildman–Crippen MR) is 47.6 cm³/mol. The van der Waals surface area contributed by atoms with Crippen LogP contribution in [0.1, 0.15) is 12.6 Å². The fourth-order valence-electron chi connectivity index (χ4n) is 0.799. The number of hydrogen-bond acceptors (Lipinski definition) is 1. The summed E-state index contributed by atoms with van der Waals surface area (Å²) in [5.74, 6) is 0.566. The predicted octanol–water partition coefficient (Wildman–Crippen LogP) is 2.06. The Morgan fingerprint density at radius 2 is 2.55 bits per heavy atom. The highest BCUT2D eigenvalue weighted by Crippen LogP contribution is 2.04. The first kappa shape index (κ1) is 8.34. The normalized spacial score (nSPS) is 12.1. The van der Waals surface area contributed by atoms with Gasteiger partial charge in [0.05, 0.1) is 12.0 Å². The largest absolute Gasteiger partial charge is 0.340 e. The van der Waals surface area contributed by atoms with Crippen LogP contribution in [0.5, 0.6) is 0 Å². The molecule has 0 aliphatic rings. The van der Waals surface area contributed by atoms with E-state index in [0.717, 1.165) is 11.3 Å². The molecule has 0 atom stereocenters. The summed E-state index contributed by atoms with van der Waals surface area (Å²) in [5, 5.41) is 0. The first-order chi connectivity index (χ1) is 5.22. The molecule has 0 bridgehead atoms. The van der Waals surface area contributed by atoms with Crippen LogP contribution in [0.4, 0.5) is 0 Å². The van der Waals surface area contributed by atoms with Gasteiger partial charge >= 0.3 is 0 Å². The van der Waals surface area contributed by atoms with Crippen molar-refractivity contribution in [3.8, 4) is 0 Å². The van der Waals surface area contributed by atoms with E-state index in [9.17, 15) is 0 Å². The van der Waals surface area contributed by atoms with E-state index in [2.05, 4.69) is 4.98 Å². The highest BCUT2D eigenvalue weighted by molar-refractivity contribution is 6.19. The van der Waals surface area contributed by atoms with Crippen molar-refractivity contribution in [3.63, 3.8) is 0 Å². The third-order valence-electron chi connectivity index (χ3n) is 1.33. The Morgan fingerprint density at radius 3 is 3.00 bits per heavy atom. The average Bonchev–Trinajstić information content (AvgIpc) is 2.35. The Labute approximate surface area is 71.5 Å². The SMILES string of the molecule is C/C(=C\c1cn(C)cn1)CCl. The summed E-state index contributed by atoms with van der Waals surface area (Å²) < 4.78 is 1.91. The first-order valence-electron chi connectivity index (χ1n) is 3.43. The monoisotopic (exact) mass is 170 g/mol. The molecule has 60 valence electrons. The lowest BCUT2D eigenvalue weighted by molar-refractivity contribution is 0.913. The fourth-order valence-corrected chi connectivity index (χ4v) is 0.876. The van der Waals surface area contributed by atoms with Crippen molar-refractivity contribution >= 4 is 17.7 Å². The molecular formula is C8H11ClN2. The van der Waals surface area contributed by atoms with Gasteiger partial charge in [-0.15, -0.1) is 11.6 Å². The number of halogens is 1. The van der Waals surface area contributed by atoms with Crippen LogP contribution in [0.15, 0.2) is 18.1 Å². The van der Waals surface area contributed by atoms with Gasteiger partial charge in [0.1, 0.15) is 0 Å². The molecule has 11 heavy (non-hydrogen) atoms. The molecule has 0 spiro atoms. The summed E-state index contributed by atoms with van der Waals surface area (Å²) in [7, 11) is 1.94. The number of allylic oxidation sites excluding steroid dienone is 1. The topological polar surface area (TPSA) is 17.8 Å². The van der Waals surface area contributed by atoms with Crippen LogP contribution in [0.25, 0.3) is 6.08 Å². The maximum Gasteiger partial charge on any atom is 0.0950 e. The highest BCUT2D eigenvalue weighted by Gasteiger charge is 1.91. The molecule has 0 N–H and O–H groups in total. The van der Waals surface area contributed by atoms with Crippen LogP contribution in [-0.2, 0) is 7.05 Å². The van der Waals surface area contributed by atoms with Gasteiger partial charge in [-0.2, -0.15) is 0 Å².